The molecule has 0 radical (unpaired) electrons. The van der Waals surface area contributed by atoms with Gasteiger partial charge in [-0.1, -0.05) is 0 Å². The fourth-order valence-corrected chi connectivity index (χ4v) is 1.28. The molecule has 0 saturated heterocycles. The van der Waals surface area contributed by atoms with Crippen LogP contribution in [-0.2, 0) is 4.79 Å². The predicted molar refractivity (Wildman–Crippen MR) is 49.5 cm³/mol. The van der Waals surface area contributed by atoms with E-state index in [1.54, 1.807) is 19.9 Å². The van der Waals surface area contributed by atoms with E-state index in [-0.39, 0.29) is 5.57 Å². The standard InChI is InChI=1S/C10H11FO3/c1-5-4-8(7(3)14-5)6(2)9(11)10(12)13/h4H,1-3H3,(H,12,13)/b9-6-. The number of carboxylic acid groups (broad SMARTS) is 1. The second kappa shape index (κ2) is 3.65. The summed E-state index contributed by atoms with van der Waals surface area (Å²) in [5.74, 6) is -1.54. The Balaban J connectivity index is 3.24. The van der Waals surface area contributed by atoms with Crippen LogP contribution in [0.4, 0.5) is 4.39 Å². The molecule has 0 unspecified atom stereocenters. The van der Waals surface area contributed by atoms with Gasteiger partial charge < -0.3 is 9.52 Å². The molecule has 0 aliphatic carbocycles. The fraction of sp³-hybridized carbons (Fsp3) is 0.300. The summed E-state index contributed by atoms with van der Waals surface area (Å²) in [4.78, 5) is 10.4. The van der Waals surface area contributed by atoms with Crippen molar-refractivity contribution in [3.05, 3.63) is 29.0 Å². The Bertz CT molecular complexity index is 401. The average Bonchev–Trinajstić information content (AvgIpc) is 2.42. The first kappa shape index (κ1) is 10.5. The summed E-state index contributed by atoms with van der Waals surface area (Å²) in [6, 6.07) is 1.62. The Morgan fingerprint density at radius 1 is 1.50 bits per heavy atom. The van der Waals surface area contributed by atoms with Crippen LogP contribution in [0.5, 0.6) is 0 Å². The van der Waals surface area contributed by atoms with Crippen LogP contribution >= 0.6 is 0 Å². The van der Waals surface area contributed by atoms with Crippen molar-refractivity contribution in [2.75, 3.05) is 0 Å². The van der Waals surface area contributed by atoms with Gasteiger partial charge in [-0.25, -0.2) is 4.79 Å². The van der Waals surface area contributed by atoms with Crippen molar-refractivity contribution in [2.24, 2.45) is 0 Å². The van der Waals surface area contributed by atoms with Gasteiger partial charge in [0.1, 0.15) is 11.5 Å². The third-order valence-electron chi connectivity index (χ3n) is 1.96. The van der Waals surface area contributed by atoms with Gasteiger partial charge in [0.15, 0.2) is 0 Å². The van der Waals surface area contributed by atoms with E-state index in [2.05, 4.69) is 0 Å². The minimum atomic E-state index is -1.55. The van der Waals surface area contributed by atoms with Gasteiger partial charge in [0.2, 0.25) is 5.83 Å². The maximum Gasteiger partial charge on any atom is 0.365 e. The number of hydrogen-bond acceptors (Lipinski definition) is 2. The van der Waals surface area contributed by atoms with Crippen LogP contribution in [0.15, 0.2) is 16.3 Å². The molecule has 14 heavy (non-hydrogen) atoms. The quantitative estimate of drug-likeness (QED) is 0.743. The molecule has 0 fully saturated rings. The molecule has 0 bridgehead atoms. The molecule has 0 spiro atoms. The van der Waals surface area contributed by atoms with Crippen LogP contribution < -0.4 is 0 Å². The fourth-order valence-electron chi connectivity index (χ4n) is 1.28. The molecule has 76 valence electrons. The smallest absolute Gasteiger partial charge is 0.365 e. The molecule has 1 N–H and O–H groups in total. The lowest BCUT2D eigenvalue weighted by Crippen LogP contribution is -1.97. The Labute approximate surface area is 80.8 Å². The van der Waals surface area contributed by atoms with Crippen LogP contribution in [0.2, 0.25) is 0 Å². The van der Waals surface area contributed by atoms with Gasteiger partial charge in [-0.05, 0) is 26.8 Å². The Hall–Kier alpha value is -1.58. The second-order valence-electron chi connectivity index (χ2n) is 3.07. The first-order valence-electron chi connectivity index (χ1n) is 4.10. The van der Waals surface area contributed by atoms with E-state index in [9.17, 15) is 9.18 Å². The van der Waals surface area contributed by atoms with Gasteiger partial charge in [0, 0.05) is 11.1 Å². The molecule has 1 heterocycles. The monoisotopic (exact) mass is 198 g/mol. The molecule has 4 heteroatoms. The van der Waals surface area contributed by atoms with Gasteiger partial charge in [0.25, 0.3) is 0 Å². The Kier molecular flexibility index (Phi) is 2.74. The summed E-state index contributed by atoms with van der Waals surface area (Å²) in [6.45, 7) is 4.81. The molecular formula is C10H11FO3. The first-order valence-corrected chi connectivity index (χ1v) is 4.10. The number of hydrogen-bond donors (Lipinski definition) is 1. The lowest BCUT2D eigenvalue weighted by molar-refractivity contribution is -0.134. The van der Waals surface area contributed by atoms with E-state index in [0.29, 0.717) is 17.1 Å². The zero-order valence-corrected chi connectivity index (χ0v) is 8.22. The van der Waals surface area contributed by atoms with Crippen molar-refractivity contribution in [3.8, 4) is 0 Å². The second-order valence-corrected chi connectivity index (χ2v) is 3.07. The maximum atomic E-state index is 13.0. The van der Waals surface area contributed by atoms with Crippen molar-refractivity contribution in [1.29, 1.82) is 0 Å². The molecule has 0 saturated carbocycles. The topological polar surface area (TPSA) is 50.4 Å². The van der Waals surface area contributed by atoms with Gasteiger partial charge >= 0.3 is 5.97 Å². The molecule has 0 aliphatic heterocycles. The van der Waals surface area contributed by atoms with E-state index in [0.717, 1.165) is 0 Å². The molecule has 1 aromatic rings. The predicted octanol–water partition coefficient (Wildman–Crippen LogP) is 2.68. The highest BCUT2D eigenvalue weighted by atomic mass is 19.1. The summed E-state index contributed by atoms with van der Waals surface area (Å²) in [7, 11) is 0. The molecule has 0 aliphatic rings. The van der Waals surface area contributed by atoms with Crippen molar-refractivity contribution < 1.29 is 18.7 Å². The van der Waals surface area contributed by atoms with Gasteiger partial charge in [-0.2, -0.15) is 4.39 Å². The van der Waals surface area contributed by atoms with Crippen molar-refractivity contribution in [2.45, 2.75) is 20.8 Å². The van der Waals surface area contributed by atoms with E-state index in [4.69, 9.17) is 9.52 Å². The minimum Gasteiger partial charge on any atom is -0.476 e. The molecule has 1 aromatic heterocycles. The number of aliphatic carboxylic acids is 1. The average molecular weight is 198 g/mol. The van der Waals surface area contributed by atoms with Gasteiger partial charge in [0.05, 0.1) is 0 Å². The zero-order chi connectivity index (χ0) is 10.9. The van der Waals surface area contributed by atoms with Crippen molar-refractivity contribution >= 4 is 11.5 Å². The van der Waals surface area contributed by atoms with E-state index in [1.165, 1.54) is 6.92 Å². The molecule has 3 nitrogen and oxygen atoms in total. The summed E-state index contributed by atoms with van der Waals surface area (Å²) in [5.41, 5.74) is 0.592. The van der Waals surface area contributed by atoms with Crippen LogP contribution in [0, 0.1) is 13.8 Å². The third-order valence-corrected chi connectivity index (χ3v) is 1.96. The Morgan fingerprint density at radius 3 is 2.43 bits per heavy atom. The molecule has 0 aromatic carbocycles. The summed E-state index contributed by atoms with van der Waals surface area (Å²) in [5, 5.41) is 8.45. The zero-order valence-electron chi connectivity index (χ0n) is 8.22. The Morgan fingerprint density at radius 2 is 2.07 bits per heavy atom. The van der Waals surface area contributed by atoms with Gasteiger partial charge in [-0.3, -0.25) is 0 Å². The summed E-state index contributed by atoms with van der Waals surface area (Å²) >= 11 is 0. The first-order chi connectivity index (χ1) is 6.43. The summed E-state index contributed by atoms with van der Waals surface area (Å²) in [6.07, 6.45) is 0. The summed E-state index contributed by atoms with van der Waals surface area (Å²) < 4.78 is 18.2. The van der Waals surface area contributed by atoms with E-state index < -0.39 is 11.8 Å². The van der Waals surface area contributed by atoms with Crippen LogP contribution in [0.25, 0.3) is 5.57 Å². The molecule has 1 rings (SSSR count). The molecule has 0 atom stereocenters. The van der Waals surface area contributed by atoms with Crippen molar-refractivity contribution in [3.63, 3.8) is 0 Å². The largest absolute Gasteiger partial charge is 0.476 e. The number of carboxylic acids is 1. The third kappa shape index (κ3) is 1.84. The normalized spacial score (nSPS) is 12.6. The lowest BCUT2D eigenvalue weighted by atomic mass is 10.1. The highest BCUT2D eigenvalue weighted by Crippen LogP contribution is 2.25. The molecular weight excluding hydrogens is 187 g/mol. The number of rotatable bonds is 2. The lowest BCUT2D eigenvalue weighted by Gasteiger charge is -1.98. The minimum absolute atomic E-state index is 0.0897. The van der Waals surface area contributed by atoms with E-state index in [1.807, 2.05) is 0 Å². The van der Waals surface area contributed by atoms with Crippen molar-refractivity contribution in [1.82, 2.24) is 0 Å². The highest BCUT2D eigenvalue weighted by molar-refractivity contribution is 5.93. The van der Waals surface area contributed by atoms with Gasteiger partial charge in [-0.15, -0.1) is 0 Å². The number of halogens is 1. The maximum absolute atomic E-state index is 13.0. The SMILES string of the molecule is C/C(=C(/F)C(=O)O)c1cc(C)oc1C. The number of aryl methyl sites for hydroxylation is 2. The number of carbonyl (C=O) groups is 1. The van der Waals surface area contributed by atoms with Crippen LogP contribution in [0.1, 0.15) is 24.0 Å². The van der Waals surface area contributed by atoms with Crippen LogP contribution in [0.3, 0.4) is 0 Å². The van der Waals surface area contributed by atoms with Crippen LogP contribution in [-0.4, -0.2) is 11.1 Å². The number of allylic oxidation sites excluding steroid dienone is 1. The molecule has 0 amide bonds. The highest BCUT2D eigenvalue weighted by Gasteiger charge is 2.15. The number of furan rings is 1. The van der Waals surface area contributed by atoms with E-state index >= 15 is 0 Å².